The molecular weight excluding hydrogens is 420 g/mol. The number of benzene rings is 2. The molecule has 2 amide bonds. The van der Waals surface area contributed by atoms with Gasteiger partial charge in [0.25, 0.3) is 0 Å². The monoisotopic (exact) mass is 464 g/mol. The molecular formula is C30H44N2O2. The molecule has 0 aliphatic rings. The molecule has 2 aromatic rings. The molecule has 0 bridgehead atoms. The lowest BCUT2D eigenvalue weighted by Gasteiger charge is -2.27. The normalized spacial score (nSPS) is 12.2. The summed E-state index contributed by atoms with van der Waals surface area (Å²) in [5, 5.41) is 16.9. The second-order valence-electron chi connectivity index (χ2n) is 11.2. The van der Waals surface area contributed by atoms with Crippen LogP contribution in [-0.2, 0) is 10.8 Å². The number of phenols is 1. The Morgan fingerprint density at radius 1 is 0.882 bits per heavy atom. The van der Waals surface area contributed by atoms with Crippen LogP contribution in [0.3, 0.4) is 0 Å². The van der Waals surface area contributed by atoms with Gasteiger partial charge in [-0.05, 0) is 46.6 Å². The molecule has 34 heavy (non-hydrogen) atoms. The lowest BCUT2D eigenvalue weighted by molar-refractivity contribution is 0.252. The maximum atomic E-state index is 12.4. The van der Waals surface area contributed by atoms with E-state index in [4.69, 9.17) is 0 Å². The van der Waals surface area contributed by atoms with Crippen LogP contribution < -0.4 is 10.6 Å². The Kier molecular flexibility index (Phi) is 9.78. The average molecular weight is 465 g/mol. The predicted octanol–water partition coefficient (Wildman–Crippen LogP) is 8.25. The number of para-hydroxylation sites is 1. The van der Waals surface area contributed by atoms with E-state index in [1.54, 1.807) is 0 Å². The fraction of sp³-hybridized carbons (Fsp3) is 0.500. The second kappa shape index (κ2) is 12.1. The number of unbranched alkanes of at least 4 members (excludes halogenated alkanes) is 4. The van der Waals surface area contributed by atoms with E-state index in [1.807, 2.05) is 30.3 Å². The van der Waals surface area contributed by atoms with Gasteiger partial charge in [0.2, 0.25) is 0 Å². The molecule has 4 nitrogen and oxygen atoms in total. The van der Waals surface area contributed by atoms with Gasteiger partial charge in [-0.2, -0.15) is 0 Å². The van der Waals surface area contributed by atoms with E-state index >= 15 is 0 Å². The molecule has 0 saturated heterocycles. The maximum absolute atomic E-state index is 12.4. The summed E-state index contributed by atoms with van der Waals surface area (Å²) < 4.78 is 0. The van der Waals surface area contributed by atoms with Crippen molar-refractivity contribution in [3.05, 3.63) is 58.7 Å². The number of hydrogen-bond acceptors (Lipinski definition) is 2. The van der Waals surface area contributed by atoms with Crippen LogP contribution in [0.15, 0.2) is 36.4 Å². The molecule has 2 rings (SSSR count). The van der Waals surface area contributed by atoms with Crippen molar-refractivity contribution < 1.29 is 9.90 Å². The molecule has 0 saturated carbocycles. The van der Waals surface area contributed by atoms with Crippen molar-refractivity contribution in [1.82, 2.24) is 5.32 Å². The molecule has 0 aliphatic carbocycles. The van der Waals surface area contributed by atoms with Crippen molar-refractivity contribution >= 4 is 23.9 Å². The Morgan fingerprint density at radius 3 is 2.06 bits per heavy atom. The largest absolute Gasteiger partial charge is 0.507 e. The Labute approximate surface area is 206 Å². The van der Waals surface area contributed by atoms with Crippen molar-refractivity contribution in [2.75, 3.05) is 11.9 Å². The zero-order valence-electron chi connectivity index (χ0n) is 22.2. The van der Waals surface area contributed by atoms with Crippen molar-refractivity contribution in [1.29, 1.82) is 0 Å². The SMILES string of the molecule is CCCCCCCNC(=O)Nc1ccccc1C=Cc1cc(C(C)(C)C)c(O)c(C(C)(C)C)c1. The smallest absolute Gasteiger partial charge is 0.319 e. The molecule has 0 fully saturated rings. The first-order valence-electron chi connectivity index (χ1n) is 12.6. The number of anilines is 1. The Hall–Kier alpha value is -2.75. The summed E-state index contributed by atoms with van der Waals surface area (Å²) in [6.45, 7) is 15.6. The number of hydrogen-bond donors (Lipinski definition) is 3. The van der Waals surface area contributed by atoms with E-state index in [-0.39, 0.29) is 16.9 Å². The lowest BCUT2D eigenvalue weighted by atomic mass is 9.78. The van der Waals surface area contributed by atoms with Gasteiger partial charge in [-0.3, -0.25) is 0 Å². The highest BCUT2D eigenvalue weighted by Gasteiger charge is 2.26. The van der Waals surface area contributed by atoms with E-state index in [1.165, 1.54) is 19.3 Å². The molecule has 0 spiro atoms. The van der Waals surface area contributed by atoms with Crippen LogP contribution >= 0.6 is 0 Å². The standard InChI is InChI=1S/C30H44N2O2/c1-8-9-10-11-14-19-31-28(34)32-26-16-13-12-15-23(26)18-17-22-20-24(29(2,3)4)27(33)25(21-22)30(5,6)7/h12-13,15-18,20-21,33H,8-11,14,19H2,1-7H3,(H2,31,32,34). The molecule has 0 unspecified atom stereocenters. The fourth-order valence-corrected chi connectivity index (χ4v) is 3.94. The maximum Gasteiger partial charge on any atom is 0.319 e. The van der Waals surface area contributed by atoms with E-state index in [0.717, 1.165) is 40.8 Å². The van der Waals surface area contributed by atoms with Gasteiger partial charge in [0.05, 0.1) is 0 Å². The summed E-state index contributed by atoms with van der Waals surface area (Å²) in [4.78, 5) is 12.4. The molecule has 0 radical (unpaired) electrons. The van der Waals surface area contributed by atoms with Gasteiger partial charge >= 0.3 is 6.03 Å². The molecule has 186 valence electrons. The molecule has 0 aliphatic heterocycles. The number of amides is 2. The van der Waals surface area contributed by atoms with E-state index in [2.05, 4.69) is 77.3 Å². The lowest BCUT2D eigenvalue weighted by Crippen LogP contribution is -2.29. The number of urea groups is 1. The first-order valence-corrected chi connectivity index (χ1v) is 12.6. The van der Waals surface area contributed by atoms with Crippen LogP contribution in [0.1, 0.15) is 103 Å². The van der Waals surface area contributed by atoms with E-state index in [0.29, 0.717) is 12.3 Å². The summed E-state index contributed by atoms with van der Waals surface area (Å²) in [5.41, 5.74) is 4.24. The van der Waals surface area contributed by atoms with Crippen molar-refractivity contribution in [2.45, 2.75) is 91.4 Å². The van der Waals surface area contributed by atoms with Gasteiger partial charge in [-0.1, -0.05) is 105 Å². The topological polar surface area (TPSA) is 61.4 Å². The average Bonchev–Trinajstić information content (AvgIpc) is 2.74. The first-order chi connectivity index (χ1) is 15.9. The quantitative estimate of drug-likeness (QED) is 0.258. The van der Waals surface area contributed by atoms with Gasteiger partial charge < -0.3 is 15.7 Å². The fourth-order valence-electron chi connectivity index (χ4n) is 3.94. The minimum Gasteiger partial charge on any atom is -0.507 e. The van der Waals surface area contributed by atoms with Gasteiger partial charge in [-0.15, -0.1) is 0 Å². The van der Waals surface area contributed by atoms with Crippen LogP contribution in [-0.4, -0.2) is 17.7 Å². The zero-order valence-corrected chi connectivity index (χ0v) is 22.2. The van der Waals surface area contributed by atoms with Gasteiger partial charge in [0.15, 0.2) is 0 Å². The summed E-state index contributed by atoms with van der Waals surface area (Å²) in [5.74, 6) is 0.380. The molecule has 0 atom stereocenters. The Morgan fingerprint density at radius 2 is 1.47 bits per heavy atom. The minimum atomic E-state index is -0.179. The first kappa shape index (κ1) is 27.5. The van der Waals surface area contributed by atoms with Crippen LogP contribution in [0.5, 0.6) is 5.75 Å². The van der Waals surface area contributed by atoms with Crippen LogP contribution in [0.2, 0.25) is 0 Å². The highest BCUT2D eigenvalue weighted by Crippen LogP contribution is 2.40. The van der Waals surface area contributed by atoms with Gasteiger partial charge in [0.1, 0.15) is 5.75 Å². The van der Waals surface area contributed by atoms with Gasteiger partial charge in [-0.25, -0.2) is 4.79 Å². The van der Waals surface area contributed by atoms with E-state index < -0.39 is 0 Å². The van der Waals surface area contributed by atoms with Crippen LogP contribution in [0, 0.1) is 0 Å². The number of aromatic hydroxyl groups is 1. The highest BCUT2D eigenvalue weighted by atomic mass is 16.3. The molecule has 2 aromatic carbocycles. The molecule has 4 heteroatoms. The third-order valence-electron chi connectivity index (χ3n) is 5.98. The van der Waals surface area contributed by atoms with Crippen molar-refractivity contribution in [3.63, 3.8) is 0 Å². The predicted molar refractivity (Wildman–Crippen MR) is 147 cm³/mol. The number of nitrogens with one attached hydrogen (secondary N) is 2. The Bertz CT molecular complexity index is 943. The molecule has 3 N–H and O–H groups in total. The third kappa shape index (κ3) is 8.23. The number of carbonyl (C=O) groups excluding carboxylic acids is 1. The molecule has 0 heterocycles. The zero-order chi connectivity index (χ0) is 25.4. The van der Waals surface area contributed by atoms with Crippen LogP contribution in [0.25, 0.3) is 12.2 Å². The Balaban J connectivity index is 2.20. The van der Waals surface area contributed by atoms with Crippen molar-refractivity contribution in [3.8, 4) is 5.75 Å². The minimum absolute atomic E-state index is 0.175. The van der Waals surface area contributed by atoms with Gasteiger partial charge in [0, 0.05) is 23.4 Å². The summed E-state index contributed by atoms with van der Waals surface area (Å²) in [6, 6.07) is 11.7. The second-order valence-corrected chi connectivity index (χ2v) is 11.2. The number of phenolic OH excluding ortho intramolecular Hbond substituents is 1. The number of rotatable bonds is 9. The molecule has 0 aromatic heterocycles. The highest BCUT2D eigenvalue weighted by molar-refractivity contribution is 5.92. The number of carbonyl (C=O) groups is 1. The van der Waals surface area contributed by atoms with E-state index in [9.17, 15) is 9.90 Å². The van der Waals surface area contributed by atoms with Crippen LogP contribution in [0.4, 0.5) is 10.5 Å². The summed E-state index contributed by atoms with van der Waals surface area (Å²) >= 11 is 0. The summed E-state index contributed by atoms with van der Waals surface area (Å²) in [6.07, 6.45) is 9.91. The van der Waals surface area contributed by atoms with Crippen molar-refractivity contribution in [2.24, 2.45) is 0 Å². The summed E-state index contributed by atoms with van der Waals surface area (Å²) in [7, 11) is 0. The third-order valence-corrected chi connectivity index (χ3v) is 5.98.